The molecule has 21 heavy (non-hydrogen) atoms. The predicted octanol–water partition coefficient (Wildman–Crippen LogP) is 4.99. The molecule has 2 aromatic carbocycles. The monoisotopic (exact) mass is 275 g/mol. The zero-order valence-corrected chi connectivity index (χ0v) is 11.8. The lowest BCUT2D eigenvalue weighted by atomic mass is 10.1. The number of aromatic nitrogens is 1. The first-order valence-corrected chi connectivity index (χ1v) is 7.13. The minimum absolute atomic E-state index is 0.665. The summed E-state index contributed by atoms with van der Waals surface area (Å²) in [6.07, 6.45) is 7.91. The van der Waals surface area contributed by atoms with Gasteiger partial charge in [-0.25, -0.2) is 4.98 Å². The van der Waals surface area contributed by atoms with E-state index in [1.165, 1.54) is 5.56 Å². The summed E-state index contributed by atoms with van der Waals surface area (Å²) in [4.78, 5) is 4.31. The van der Waals surface area contributed by atoms with E-state index in [1.807, 2.05) is 42.5 Å². The van der Waals surface area contributed by atoms with Gasteiger partial charge in [0.25, 0.3) is 0 Å². The molecule has 0 N–H and O–H groups in total. The Hall–Kier alpha value is -2.61. The van der Waals surface area contributed by atoms with E-state index < -0.39 is 0 Å². The fourth-order valence-electron chi connectivity index (χ4n) is 2.17. The molecule has 0 saturated heterocycles. The molecule has 1 aromatic heterocycles. The van der Waals surface area contributed by atoms with Crippen LogP contribution >= 0.6 is 0 Å². The van der Waals surface area contributed by atoms with E-state index in [1.54, 1.807) is 6.20 Å². The van der Waals surface area contributed by atoms with Crippen molar-refractivity contribution in [2.24, 2.45) is 0 Å². The lowest BCUT2D eigenvalue weighted by Crippen LogP contribution is -1.80. The number of aryl methyl sites for hydroxylation is 1. The molecule has 0 radical (unpaired) electrons. The summed E-state index contributed by atoms with van der Waals surface area (Å²) in [7, 11) is 0. The molecule has 0 amide bonds. The molecule has 1 heterocycles. The van der Waals surface area contributed by atoms with E-state index in [4.69, 9.17) is 4.42 Å². The molecule has 104 valence electrons. The van der Waals surface area contributed by atoms with Crippen molar-refractivity contribution in [2.75, 3.05) is 0 Å². The minimum Gasteiger partial charge on any atom is -0.437 e. The fourth-order valence-corrected chi connectivity index (χ4v) is 2.17. The molecule has 0 fully saturated rings. The summed E-state index contributed by atoms with van der Waals surface area (Å²) >= 11 is 0. The first-order chi connectivity index (χ1) is 10.4. The highest BCUT2D eigenvalue weighted by Crippen LogP contribution is 2.19. The summed E-state index contributed by atoms with van der Waals surface area (Å²) in [5, 5.41) is 0. The van der Waals surface area contributed by atoms with Crippen LogP contribution in [0.5, 0.6) is 0 Å². The number of benzene rings is 2. The van der Waals surface area contributed by atoms with Gasteiger partial charge in [0.1, 0.15) is 5.76 Å². The zero-order chi connectivity index (χ0) is 14.3. The maximum absolute atomic E-state index is 5.72. The molecule has 3 rings (SSSR count). The molecule has 3 aromatic rings. The molecule has 2 heteroatoms. The van der Waals surface area contributed by atoms with Gasteiger partial charge in [-0.05, 0) is 36.6 Å². The van der Waals surface area contributed by atoms with Crippen molar-refractivity contribution >= 4 is 6.08 Å². The van der Waals surface area contributed by atoms with E-state index >= 15 is 0 Å². The Bertz CT molecular complexity index is 699. The Morgan fingerprint density at radius 2 is 1.62 bits per heavy atom. The third kappa shape index (κ3) is 3.69. The van der Waals surface area contributed by atoms with Gasteiger partial charge in [0.15, 0.2) is 0 Å². The van der Waals surface area contributed by atoms with Gasteiger partial charge in [-0.15, -0.1) is 0 Å². The molecule has 0 unspecified atom stereocenters. The van der Waals surface area contributed by atoms with Crippen LogP contribution in [0.4, 0.5) is 0 Å². The third-order valence-electron chi connectivity index (χ3n) is 3.27. The van der Waals surface area contributed by atoms with E-state index in [2.05, 4.69) is 35.3 Å². The molecule has 0 aliphatic heterocycles. The minimum atomic E-state index is 0.665. The summed E-state index contributed by atoms with van der Waals surface area (Å²) in [5.74, 6) is 1.46. The summed E-state index contributed by atoms with van der Waals surface area (Å²) < 4.78 is 5.72. The highest BCUT2D eigenvalue weighted by atomic mass is 16.4. The van der Waals surface area contributed by atoms with Crippen molar-refractivity contribution in [3.05, 3.63) is 84.3 Å². The maximum Gasteiger partial charge on any atom is 0.226 e. The SMILES string of the molecule is C(=C\c1cnc(-c2ccccc2)o1)/CCc1ccccc1. The molecular weight excluding hydrogens is 258 g/mol. The van der Waals surface area contributed by atoms with E-state index in [-0.39, 0.29) is 0 Å². The zero-order valence-electron chi connectivity index (χ0n) is 11.8. The van der Waals surface area contributed by atoms with Gasteiger partial charge >= 0.3 is 0 Å². The highest BCUT2D eigenvalue weighted by molar-refractivity contribution is 5.54. The Morgan fingerprint density at radius 3 is 2.38 bits per heavy atom. The molecule has 0 saturated carbocycles. The van der Waals surface area contributed by atoms with E-state index in [9.17, 15) is 0 Å². The van der Waals surface area contributed by atoms with Crippen molar-refractivity contribution < 1.29 is 4.42 Å². The number of allylic oxidation sites excluding steroid dienone is 1. The van der Waals surface area contributed by atoms with Crippen LogP contribution in [0.2, 0.25) is 0 Å². The van der Waals surface area contributed by atoms with Crippen LogP contribution in [-0.4, -0.2) is 4.98 Å². The number of hydrogen-bond donors (Lipinski definition) is 0. The number of rotatable bonds is 5. The Balaban J connectivity index is 1.58. The van der Waals surface area contributed by atoms with Gasteiger partial charge in [-0.2, -0.15) is 0 Å². The van der Waals surface area contributed by atoms with Gasteiger partial charge in [-0.1, -0.05) is 54.6 Å². The third-order valence-corrected chi connectivity index (χ3v) is 3.27. The lowest BCUT2D eigenvalue weighted by molar-refractivity contribution is 0.564. The van der Waals surface area contributed by atoms with E-state index in [0.29, 0.717) is 5.89 Å². The van der Waals surface area contributed by atoms with Crippen molar-refractivity contribution in [2.45, 2.75) is 12.8 Å². The lowest BCUT2D eigenvalue weighted by Gasteiger charge is -1.96. The van der Waals surface area contributed by atoms with Crippen LogP contribution in [0, 0.1) is 0 Å². The second kappa shape index (κ2) is 6.71. The molecule has 2 nitrogen and oxygen atoms in total. The topological polar surface area (TPSA) is 26.0 Å². The number of hydrogen-bond acceptors (Lipinski definition) is 2. The number of nitrogens with zero attached hydrogens (tertiary/aromatic N) is 1. The smallest absolute Gasteiger partial charge is 0.226 e. The van der Waals surface area contributed by atoms with Crippen molar-refractivity contribution in [1.82, 2.24) is 4.98 Å². The van der Waals surface area contributed by atoms with Gasteiger partial charge in [0, 0.05) is 5.56 Å². The number of oxazole rings is 1. The normalized spacial score (nSPS) is 11.0. The quantitative estimate of drug-likeness (QED) is 0.655. The van der Waals surface area contributed by atoms with Gasteiger partial charge in [0.05, 0.1) is 6.20 Å². The largest absolute Gasteiger partial charge is 0.437 e. The van der Waals surface area contributed by atoms with Crippen LogP contribution in [0.3, 0.4) is 0 Å². The average Bonchev–Trinajstić information content (AvgIpc) is 3.02. The molecule has 0 spiro atoms. The molecule has 0 bridgehead atoms. The van der Waals surface area contributed by atoms with Crippen LogP contribution in [0.25, 0.3) is 17.5 Å². The average molecular weight is 275 g/mol. The Kier molecular flexibility index (Phi) is 4.27. The summed E-state index contributed by atoms with van der Waals surface area (Å²) in [6, 6.07) is 20.4. The van der Waals surface area contributed by atoms with Crippen LogP contribution in [0.15, 0.2) is 77.4 Å². The van der Waals surface area contributed by atoms with Gasteiger partial charge < -0.3 is 4.42 Å². The van der Waals surface area contributed by atoms with Crippen molar-refractivity contribution in [3.8, 4) is 11.5 Å². The molecule has 0 aliphatic carbocycles. The predicted molar refractivity (Wildman–Crippen MR) is 85.7 cm³/mol. The second-order valence-electron chi connectivity index (χ2n) is 4.86. The maximum atomic E-state index is 5.72. The second-order valence-corrected chi connectivity index (χ2v) is 4.86. The molecular formula is C19H17NO. The van der Waals surface area contributed by atoms with E-state index in [0.717, 1.165) is 24.2 Å². The Labute approximate surface area is 124 Å². The van der Waals surface area contributed by atoms with Crippen molar-refractivity contribution in [3.63, 3.8) is 0 Å². The van der Waals surface area contributed by atoms with Crippen LogP contribution in [-0.2, 0) is 6.42 Å². The van der Waals surface area contributed by atoms with Gasteiger partial charge in [0.2, 0.25) is 5.89 Å². The first-order valence-electron chi connectivity index (χ1n) is 7.13. The first kappa shape index (κ1) is 13.4. The summed E-state index contributed by atoms with van der Waals surface area (Å²) in [5.41, 5.74) is 2.35. The standard InChI is InChI=1S/C19H17NO/c1-3-9-16(10-4-1)11-7-8-14-18-15-20-19(21-18)17-12-5-2-6-13-17/h1-6,8-10,12-15H,7,11H2/b14-8+. The molecule has 0 atom stereocenters. The fraction of sp³-hybridized carbons (Fsp3) is 0.105. The molecule has 0 aliphatic rings. The summed E-state index contributed by atoms with van der Waals surface area (Å²) in [6.45, 7) is 0. The van der Waals surface area contributed by atoms with Crippen LogP contribution in [0.1, 0.15) is 17.7 Å². The highest BCUT2D eigenvalue weighted by Gasteiger charge is 2.03. The Morgan fingerprint density at radius 1 is 0.905 bits per heavy atom. The van der Waals surface area contributed by atoms with Gasteiger partial charge in [-0.3, -0.25) is 0 Å². The van der Waals surface area contributed by atoms with Crippen LogP contribution < -0.4 is 0 Å². The van der Waals surface area contributed by atoms with Crippen molar-refractivity contribution in [1.29, 1.82) is 0 Å².